The van der Waals surface area contributed by atoms with Gasteiger partial charge >= 0.3 is 18.1 Å². The van der Waals surface area contributed by atoms with Gasteiger partial charge in [-0.25, -0.2) is 9.59 Å². The number of hydroxylamine groups is 1. The standard InChI is InChI=1S/C24H26F3N3O6/c1-23(28,35-22(33)24(25,26)27)21(32)36-30-17(12-11-16-7-4-3-5-8-16)13-14-20(31)29-18-9-6-10-19(15-18)34-2/h3-10,13-15,17,30H,11-12,28H2,1-2H3,(H,29,31)/b14-13+/t17-,23-/m0/s1. The minimum Gasteiger partial charge on any atom is -0.497 e. The number of amides is 1. The van der Waals surface area contributed by atoms with Crippen LogP contribution in [0, 0.1) is 0 Å². The van der Waals surface area contributed by atoms with E-state index in [0.29, 0.717) is 24.3 Å². The number of nitrogens with one attached hydrogen (secondary N) is 2. The number of alkyl halides is 3. The van der Waals surface area contributed by atoms with Gasteiger partial charge in [0.15, 0.2) is 0 Å². The molecule has 0 bridgehead atoms. The lowest BCUT2D eigenvalue weighted by Crippen LogP contribution is -2.53. The highest BCUT2D eigenvalue weighted by Gasteiger charge is 2.47. The van der Waals surface area contributed by atoms with Crippen molar-refractivity contribution in [2.45, 2.75) is 37.7 Å². The number of esters is 1. The number of hydrogen-bond donors (Lipinski definition) is 3. The molecule has 4 N–H and O–H groups in total. The SMILES string of the molecule is COc1cccc(NC(=O)/C=C/[C@H](CCc2ccccc2)NOC(=O)[C@@](C)(N)OC(=O)C(F)(F)F)c1. The van der Waals surface area contributed by atoms with Gasteiger partial charge in [0.2, 0.25) is 5.91 Å². The second-order valence-electron chi connectivity index (χ2n) is 7.71. The molecule has 2 aromatic carbocycles. The Hall–Kier alpha value is -3.90. The van der Waals surface area contributed by atoms with Gasteiger partial charge in [-0.15, -0.1) is 5.48 Å². The van der Waals surface area contributed by atoms with E-state index >= 15 is 0 Å². The van der Waals surface area contributed by atoms with Crippen molar-refractivity contribution in [3.8, 4) is 5.75 Å². The highest BCUT2D eigenvalue weighted by Crippen LogP contribution is 2.20. The van der Waals surface area contributed by atoms with E-state index < -0.39 is 35.8 Å². The van der Waals surface area contributed by atoms with Crippen molar-refractivity contribution in [2.24, 2.45) is 5.73 Å². The maximum Gasteiger partial charge on any atom is 0.491 e. The van der Waals surface area contributed by atoms with Crippen LogP contribution in [-0.2, 0) is 30.4 Å². The van der Waals surface area contributed by atoms with Gasteiger partial charge in [-0.05, 0) is 30.5 Å². The van der Waals surface area contributed by atoms with Crippen LogP contribution in [0.1, 0.15) is 18.9 Å². The van der Waals surface area contributed by atoms with Gasteiger partial charge in [-0.3, -0.25) is 10.5 Å². The van der Waals surface area contributed by atoms with Gasteiger partial charge in [-0.1, -0.05) is 42.5 Å². The van der Waals surface area contributed by atoms with E-state index in [1.165, 1.54) is 19.3 Å². The number of halogens is 3. The predicted molar refractivity (Wildman–Crippen MR) is 123 cm³/mol. The number of benzene rings is 2. The molecule has 0 saturated carbocycles. The van der Waals surface area contributed by atoms with Gasteiger partial charge < -0.3 is 19.6 Å². The van der Waals surface area contributed by atoms with Gasteiger partial charge in [-0.2, -0.15) is 13.2 Å². The molecule has 194 valence electrons. The Morgan fingerprint density at radius 1 is 1.06 bits per heavy atom. The molecule has 9 nitrogen and oxygen atoms in total. The Morgan fingerprint density at radius 2 is 1.75 bits per heavy atom. The first-order valence-corrected chi connectivity index (χ1v) is 10.6. The molecular weight excluding hydrogens is 483 g/mol. The minimum absolute atomic E-state index is 0.323. The van der Waals surface area contributed by atoms with E-state index in [0.717, 1.165) is 12.5 Å². The summed E-state index contributed by atoms with van der Waals surface area (Å²) in [7, 11) is 1.49. The van der Waals surface area contributed by atoms with E-state index in [4.69, 9.17) is 15.3 Å². The summed E-state index contributed by atoms with van der Waals surface area (Å²) in [5, 5.41) is 2.65. The van der Waals surface area contributed by atoms with Crippen LogP contribution in [0.2, 0.25) is 0 Å². The third kappa shape index (κ3) is 9.39. The van der Waals surface area contributed by atoms with Crippen LogP contribution >= 0.6 is 0 Å². The highest BCUT2D eigenvalue weighted by molar-refractivity contribution is 5.99. The predicted octanol–water partition coefficient (Wildman–Crippen LogP) is 3.02. The maximum atomic E-state index is 12.4. The Balaban J connectivity index is 2.05. The molecule has 1 amide bonds. The summed E-state index contributed by atoms with van der Waals surface area (Å²) in [4.78, 5) is 40.3. The first-order chi connectivity index (χ1) is 16.9. The summed E-state index contributed by atoms with van der Waals surface area (Å²) in [6, 6.07) is 15.2. The molecule has 0 heterocycles. The van der Waals surface area contributed by atoms with Crippen molar-refractivity contribution >= 4 is 23.5 Å². The average Bonchev–Trinajstić information content (AvgIpc) is 2.83. The number of hydrogen-bond acceptors (Lipinski definition) is 8. The van der Waals surface area contributed by atoms with Crippen LogP contribution in [-0.4, -0.2) is 42.9 Å². The first kappa shape index (κ1) is 28.3. The van der Waals surface area contributed by atoms with Gasteiger partial charge in [0, 0.05) is 24.8 Å². The van der Waals surface area contributed by atoms with E-state index in [1.54, 1.807) is 24.3 Å². The third-order valence-electron chi connectivity index (χ3n) is 4.65. The zero-order valence-electron chi connectivity index (χ0n) is 19.5. The fraction of sp³-hybridized carbons (Fsp3) is 0.292. The van der Waals surface area contributed by atoms with E-state index in [-0.39, 0.29) is 0 Å². The van der Waals surface area contributed by atoms with E-state index in [2.05, 4.69) is 15.5 Å². The highest BCUT2D eigenvalue weighted by atomic mass is 19.4. The number of anilines is 1. The Labute approximate surface area is 205 Å². The molecule has 2 atom stereocenters. The quantitative estimate of drug-likeness (QED) is 0.183. The summed E-state index contributed by atoms with van der Waals surface area (Å²) in [6.07, 6.45) is -1.92. The Bertz CT molecular complexity index is 1070. The number of ether oxygens (including phenoxy) is 2. The van der Waals surface area contributed by atoms with E-state index in [1.807, 2.05) is 30.3 Å². The topological polar surface area (TPSA) is 129 Å². The molecule has 2 aromatic rings. The van der Waals surface area contributed by atoms with Crippen LogP contribution in [0.15, 0.2) is 66.7 Å². The molecular formula is C24H26F3N3O6. The van der Waals surface area contributed by atoms with Crippen molar-refractivity contribution in [3.63, 3.8) is 0 Å². The first-order valence-electron chi connectivity index (χ1n) is 10.6. The zero-order chi connectivity index (χ0) is 26.8. The minimum atomic E-state index is -5.34. The summed E-state index contributed by atoms with van der Waals surface area (Å²) >= 11 is 0. The van der Waals surface area contributed by atoms with Gasteiger partial charge in [0.05, 0.1) is 13.2 Å². The number of aryl methyl sites for hydroxylation is 1. The summed E-state index contributed by atoms with van der Waals surface area (Å²) in [5.41, 5.74) is 6.47. The molecule has 2 rings (SSSR count). The molecule has 12 heteroatoms. The zero-order valence-corrected chi connectivity index (χ0v) is 19.5. The lowest BCUT2D eigenvalue weighted by Gasteiger charge is -2.24. The molecule has 0 radical (unpaired) electrons. The van der Waals surface area contributed by atoms with Crippen molar-refractivity contribution in [3.05, 3.63) is 72.3 Å². The maximum absolute atomic E-state index is 12.4. The number of rotatable bonds is 11. The molecule has 36 heavy (non-hydrogen) atoms. The number of carbonyl (C=O) groups excluding carboxylic acids is 3. The molecule has 0 aromatic heterocycles. The van der Waals surface area contributed by atoms with Crippen LogP contribution in [0.4, 0.5) is 18.9 Å². The van der Waals surface area contributed by atoms with Crippen molar-refractivity contribution in [1.82, 2.24) is 5.48 Å². The number of methoxy groups -OCH3 is 1. The molecule has 0 unspecified atom stereocenters. The smallest absolute Gasteiger partial charge is 0.491 e. The second kappa shape index (κ2) is 12.7. The molecule has 0 aliphatic rings. The fourth-order valence-electron chi connectivity index (χ4n) is 2.77. The Morgan fingerprint density at radius 3 is 2.39 bits per heavy atom. The average molecular weight is 509 g/mol. The lowest BCUT2D eigenvalue weighted by molar-refractivity contribution is -0.219. The fourth-order valence-corrected chi connectivity index (χ4v) is 2.77. The largest absolute Gasteiger partial charge is 0.497 e. The molecule has 0 spiro atoms. The van der Waals surface area contributed by atoms with Crippen molar-refractivity contribution in [1.29, 1.82) is 0 Å². The van der Waals surface area contributed by atoms with Gasteiger partial charge in [0.25, 0.3) is 5.72 Å². The number of nitrogens with two attached hydrogens (primary N) is 1. The monoisotopic (exact) mass is 509 g/mol. The van der Waals surface area contributed by atoms with Crippen LogP contribution in [0.5, 0.6) is 5.75 Å². The molecule has 0 aliphatic heterocycles. The number of carbonyl (C=O) groups is 3. The summed E-state index contributed by atoms with van der Waals surface area (Å²) in [6.45, 7) is 0.747. The summed E-state index contributed by atoms with van der Waals surface area (Å²) < 4.78 is 46.4. The van der Waals surface area contributed by atoms with Crippen molar-refractivity contribution < 1.29 is 41.9 Å². The van der Waals surface area contributed by atoms with E-state index in [9.17, 15) is 27.6 Å². The van der Waals surface area contributed by atoms with Gasteiger partial charge in [0.1, 0.15) is 5.75 Å². The Kier molecular flexibility index (Phi) is 10.00. The summed E-state index contributed by atoms with van der Waals surface area (Å²) in [5.74, 6) is -4.07. The van der Waals surface area contributed by atoms with Crippen LogP contribution in [0.3, 0.4) is 0 Å². The molecule has 0 fully saturated rings. The van der Waals surface area contributed by atoms with Crippen molar-refractivity contribution in [2.75, 3.05) is 12.4 Å². The molecule has 0 saturated heterocycles. The second-order valence-corrected chi connectivity index (χ2v) is 7.71. The lowest BCUT2D eigenvalue weighted by atomic mass is 10.1. The third-order valence-corrected chi connectivity index (χ3v) is 4.65. The van der Waals surface area contributed by atoms with Crippen LogP contribution in [0.25, 0.3) is 0 Å². The van der Waals surface area contributed by atoms with Crippen LogP contribution < -0.4 is 21.3 Å². The normalized spacial score (nSPS) is 13.9. The molecule has 0 aliphatic carbocycles.